The smallest absolute Gasteiger partial charge is 0.101 e. The summed E-state index contributed by atoms with van der Waals surface area (Å²) >= 11 is 0. The van der Waals surface area contributed by atoms with Gasteiger partial charge in [0.25, 0.3) is 0 Å². The second-order valence-electron chi connectivity index (χ2n) is 7.22. The van der Waals surface area contributed by atoms with E-state index in [1.807, 2.05) is 26.0 Å². The van der Waals surface area contributed by atoms with E-state index in [0.29, 0.717) is 30.8 Å². The molecule has 0 aliphatic rings. The van der Waals surface area contributed by atoms with Gasteiger partial charge in [0.2, 0.25) is 0 Å². The number of nitriles is 1. The molecule has 4 nitrogen and oxygen atoms in total. The van der Waals surface area contributed by atoms with Gasteiger partial charge < -0.3 is 16.8 Å². The molecule has 0 aliphatic heterocycles. The summed E-state index contributed by atoms with van der Waals surface area (Å²) in [6, 6.07) is 2.09. The average Bonchev–Trinajstić information content (AvgIpc) is 2.81. The highest BCUT2D eigenvalue weighted by Gasteiger charge is 1.98. The van der Waals surface area contributed by atoms with Crippen LogP contribution in [0.3, 0.4) is 0 Å². The number of hydrogen-bond acceptors (Lipinski definition) is 4. The SMILES string of the molecule is C#C.C=C(C)CC/C=C(/C)CC.CC/C(N)=C(C#N)\C=C(/C)NC/C=C\CN.CCCC. The zero-order valence-electron chi connectivity index (χ0n) is 21.9. The number of hydrogen-bond donors (Lipinski definition) is 3. The largest absolute Gasteiger partial charge is 0.401 e. The first-order chi connectivity index (χ1) is 15.2. The lowest BCUT2D eigenvalue weighted by Gasteiger charge is -2.04. The Morgan fingerprint density at radius 3 is 1.97 bits per heavy atom. The molecule has 0 spiro atoms. The van der Waals surface area contributed by atoms with E-state index in [2.05, 4.69) is 71.5 Å². The highest BCUT2D eigenvalue weighted by molar-refractivity contribution is 5.38. The minimum Gasteiger partial charge on any atom is -0.401 e. The fourth-order valence-corrected chi connectivity index (χ4v) is 1.76. The molecular formula is C28H50N4. The third-order valence-electron chi connectivity index (χ3n) is 4.13. The summed E-state index contributed by atoms with van der Waals surface area (Å²) in [6.45, 7) is 19.7. The van der Waals surface area contributed by atoms with E-state index in [0.717, 1.165) is 18.5 Å². The molecule has 0 heterocycles. The molecule has 0 amide bonds. The highest BCUT2D eigenvalue weighted by atomic mass is 14.9. The molecule has 0 saturated carbocycles. The molecule has 0 aromatic heterocycles. The Labute approximate surface area is 200 Å². The lowest BCUT2D eigenvalue weighted by atomic mass is 10.1. The molecule has 4 heteroatoms. The van der Waals surface area contributed by atoms with Crippen molar-refractivity contribution in [3.8, 4) is 18.9 Å². The average molecular weight is 443 g/mol. The van der Waals surface area contributed by atoms with Crippen molar-refractivity contribution in [1.82, 2.24) is 5.32 Å². The van der Waals surface area contributed by atoms with Gasteiger partial charge in [0.05, 0.1) is 5.57 Å². The number of nitrogens with zero attached hydrogens (tertiary/aromatic N) is 1. The maximum Gasteiger partial charge on any atom is 0.101 e. The predicted octanol–water partition coefficient (Wildman–Crippen LogP) is 6.90. The number of nitrogens with one attached hydrogen (secondary N) is 1. The first-order valence-corrected chi connectivity index (χ1v) is 11.5. The van der Waals surface area contributed by atoms with Gasteiger partial charge in [-0.15, -0.1) is 19.4 Å². The number of unbranched alkanes of at least 4 members (excludes halogenated alkanes) is 1. The number of terminal acetylenes is 1. The lowest BCUT2D eigenvalue weighted by Crippen LogP contribution is -2.11. The first-order valence-electron chi connectivity index (χ1n) is 11.5. The number of rotatable bonds is 11. The Kier molecular flexibility index (Phi) is 35.0. The van der Waals surface area contributed by atoms with Crippen LogP contribution in [0.4, 0.5) is 0 Å². The van der Waals surface area contributed by atoms with E-state index < -0.39 is 0 Å². The van der Waals surface area contributed by atoms with Crippen LogP contribution in [0.15, 0.2) is 59.0 Å². The van der Waals surface area contributed by atoms with Crippen molar-refractivity contribution in [2.75, 3.05) is 13.1 Å². The molecule has 0 unspecified atom stereocenters. The standard InChI is InChI=1S/C12H20N4.C10H18.C4H10.C2H2/c1-3-12(15)11(9-14)8-10(2)16-7-5-4-6-13;1-5-10(4)8-6-7-9(2)3;1-3-4-2;1-2/h4-5,8,16H,3,6-7,13,15H2,1-2H3;8H,2,5-7H2,1,3-4H3;3-4H2,1-2H3;1-2H/b5-4-,10-8+,12-11-;10-8-;;. The van der Waals surface area contributed by atoms with E-state index in [-0.39, 0.29) is 0 Å². The number of allylic oxidation sites excluding steroid dienone is 7. The Hall–Kier alpha value is -2.69. The summed E-state index contributed by atoms with van der Waals surface area (Å²) in [5, 5.41) is 12.0. The van der Waals surface area contributed by atoms with Crippen molar-refractivity contribution >= 4 is 0 Å². The van der Waals surface area contributed by atoms with Crippen LogP contribution in [0, 0.1) is 24.2 Å². The number of nitrogens with two attached hydrogens (primary N) is 2. The van der Waals surface area contributed by atoms with Gasteiger partial charge in [0.15, 0.2) is 0 Å². The molecule has 0 aromatic rings. The first kappa shape index (κ1) is 36.7. The van der Waals surface area contributed by atoms with Gasteiger partial charge in [-0.25, -0.2) is 0 Å². The van der Waals surface area contributed by atoms with Gasteiger partial charge in [0.1, 0.15) is 6.07 Å². The summed E-state index contributed by atoms with van der Waals surface area (Å²) in [7, 11) is 0. The van der Waals surface area contributed by atoms with E-state index in [1.165, 1.54) is 30.4 Å². The molecule has 0 fully saturated rings. The zero-order chi connectivity index (χ0) is 25.8. The highest BCUT2D eigenvalue weighted by Crippen LogP contribution is 2.06. The second kappa shape index (κ2) is 30.5. The van der Waals surface area contributed by atoms with Crippen LogP contribution >= 0.6 is 0 Å². The molecule has 32 heavy (non-hydrogen) atoms. The molecule has 0 bridgehead atoms. The quantitative estimate of drug-likeness (QED) is 0.141. The maximum absolute atomic E-state index is 8.90. The molecule has 0 atom stereocenters. The summed E-state index contributed by atoms with van der Waals surface area (Å²) in [5.41, 5.74) is 15.8. The van der Waals surface area contributed by atoms with Crippen LogP contribution in [-0.2, 0) is 0 Å². The van der Waals surface area contributed by atoms with Crippen LogP contribution in [0.25, 0.3) is 0 Å². The fraction of sp³-hybridized carbons (Fsp3) is 0.536. The van der Waals surface area contributed by atoms with E-state index in [1.54, 1.807) is 6.08 Å². The molecular weight excluding hydrogens is 392 g/mol. The molecule has 0 aromatic carbocycles. The molecule has 0 radical (unpaired) electrons. The molecule has 182 valence electrons. The second-order valence-corrected chi connectivity index (χ2v) is 7.22. The van der Waals surface area contributed by atoms with Crippen LogP contribution in [0.1, 0.15) is 87.0 Å². The summed E-state index contributed by atoms with van der Waals surface area (Å²) in [5.74, 6) is 0. The summed E-state index contributed by atoms with van der Waals surface area (Å²) < 4.78 is 0. The lowest BCUT2D eigenvalue weighted by molar-refractivity contribution is 0.886. The summed E-state index contributed by atoms with van der Waals surface area (Å²) in [6.07, 6.45) is 22.7. The van der Waals surface area contributed by atoms with Crippen molar-refractivity contribution in [3.05, 3.63) is 59.0 Å². The van der Waals surface area contributed by atoms with Crippen molar-refractivity contribution in [2.45, 2.75) is 87.0 Å². The molecule has 0 rings (SSSR count). The third kappa shape index (κ3) is 32.0. The zero-order valence-corrected chi connectivity index (χ0v) is 21.9. The van der Waals surface area contributed by atoms with Crippen LogP contribution < -0.4 is 16.8 Å². The molecule has 5 N–H and O–H groups in total. The van der Waals surface area contributed by atoms with E-state index in [9.17, 15) is 0 Å². The van der Waals surface area contributed by atoms with Crippen molar-refractivity contribution in [3.63, 3.8) is 0 Å². The summed E-state index contributed by atoms with van der Waals surface area (Å²) in [4.78, 5) is 0. The van der Waals surface area contributed by atoms with Crippen molar-refractivity contribution in [1.29, 1.82) is 5.26 Å². The normalized spacial score (nSPS) is 11.4. The van der Waals surface area contributed by atoms with Gasteiger partial charge >= 0.3 is 0 Å². The van der Waals surface area contributed by atoms with Crippen molar-refractivity contribution < 1.29 is 0 Å². The Balaban J connectivity index is -0.000000208. The maximum atomic E-state index is 8.90. The topological polar surface area (TPSA) is 87.9 Å². The predicted molar refractivity (Wildman–Crippen MR) is 146 cm³/mol. The van der Waals surface area contributed by atoms with E-state index >= 15 is 0 Å². The molecule has 0 aliphatic carbocycles. The minimum absolute atomic E-state index is 0.523. The fourth-order valence-electron chi connectivity index (χ4n) is 1.76. The monoisotopic (exact) mass is 442 g/mol. The van der Waals surface area contributed by atoms with Crippen LogP contribution in [0.5, 0.6) is 0 Å². The van der Waals surface area contributed by atoms with Gasteiger partial charge in [-0.3, -0.25) is 0 Å². The van der Waals surface area contributed by atoms with Crippen LogP contribution in [-0.4, -0.2) is 13.1 Å². The minimum atomic E-state index is 0.523. The Morgan fingerprint density at radius 2 is 1.59 bits per heavy atom. The van der Waals surface area contributed by atoms with E-state index in [4.69, 9.17) is 16.7 Å². The Bertz CT molecular complexity index is 624. The van der Waals surface area contributed by atoms with Gasteiger partial charge in [-0.1, -0.05) is 69.9 Å². The van der Waals surface area contributed by atoms with Crippen LogP contribution in [0.2, 0.25) is 0 Å². The molecule has 0 saturated heterocycles. The Morgan fingerprint density at radius 1 is 1.03 bits per heavy atom. The van der Waals surface area contributed by atoms with Gasteiger partial charge in [-0.05, 0) is 52.5 Å². The van der Waals surface area contributed by atoms with Crippen molar-refractivity contribution in [2.24, 2.45) is 11.5 Å². The van der Waals surface area contributed by atoms with Gasteiger partial charge in [-0.2, -0.15) is 5.26 Å². The third-order valence-corrected chi connectivity index (χ3v) is 4.13. The van der Waals surface area contributed by atoms with Gasteiger partial charge in [0, 0.05) is 24.5 Å².